The van der Waals surface area contributed by atoms with E-state index in [9.17, 15) is 9.90 Å². The Hall–Kier alpha value is -1.26. The van der Waals surface area contributed by atoms with E-state index in [1.54, 1.807) is 25.1 Å². The second-order valence-electron chi connectivity index (χ2n) is 4.91. The summed E-state index contributed by atoms with van der Waals surface area (Å²) < 4.78 is 5.39. The lowest BCUT2D eigenvalue weighted by Crippen LogP contribution is -2.35. The van der Waals surface area contributed by atoms with E-state index in [2.05, 4.69) is 12.2 Å². The number of carbonyl (C=O) groups excluding carboxylic acids is 1. The van der Waals surface area contributed by atoms with Crippen LogP contribution in [-0.4, -0.2) is 23.7 Å². The van der Waals surface area contributed by atoms with Gasteiger partial charge in [0.1, 0.15) is 5.75 Å². The van der Waals surface area contributed by atoms with Crippen LogP contribution in [0.2, 0.25) is 5.02 Å². The number of hydrogen-bond donors (Lipinski definition) is 2. The van der Waals surface area contributed by atoms with Crippen LogP contribution in [0.15, 0.2) is 18.2 Å². The van der Waals surface area contributed by atoms with Crippen molar-refractivity contribution < 1.29 is 14.6 Å². The molecule has 2 N–H and O–H groups in total. The molecule has 0 aromatic heterocycles. The number of carbonyl (C=O) groups is 1. The third kappa shape index (κ3) is 5.39. The second-order valence-corrected chi connectivity index (χ2v) is 5.32. The Bertz CT molecular complexity index is 449. The van der Waals surface area contributed by atoms with Crippen LogP contribution in [0.5, 0.6) is 5.75 Å². The summed E-state index contributed by atoms with van der Waals surface area (Å²) in [6.45, 7) is 5.63. The first-order chi connectivity index (χ1) is 9.43. The summed E-state index contributed by atoms with van der Waals surface area (Å²) in [4.78, 5) is 11.7. The molecule has 1 rings (SSSR count). The van der Waals surface area contributed by atoms with Crippen LogP contribution in [-0.2, 0) is 4.79 Å². The smallest absolute Gasteiger partial charge is 0.258 e. The zero-order valence-electron chi connectivity index (χ0n) is 12.1. The molecule has 1 amide bonds. The van der Waals surface area contributed by atoms with Crippen LogP contribution >= 0.6 is 11.6 Å². The second kappa shape index (κ2) is 8.12. The van der Waals surface area contributed by atoms with Crippen LogP contribution < -0.4 is 10.1 Å². The summed E-state index contributed by atoms with van der Waals surface area (Å²) in [5.41, 5.74) is 0.711. The number of ether oxygens (including phenoxy) is 1. The van der Waals surface area contributed by atoms with Gasteiger partial charge in [-0.25, -0.2) is 0 Å². The maximum Gasteiger partial charge on any atom is 0.258 e. The van der Waals surface area contributed by atoms with Crippen molar-refractivity contribution >= 4 is 17.5 Å². The fraction of sp³-hybridized carbons (Fsp3) is 0.533. The molecular formula is C15H22ClNO3. The van der Waals surface area contributed by atoms with Gasteiger partial charge in [-0.05, 0) is 38.0 Å². The molecule has 1 aromatic rings. The first-order valence-corrected chi connectivity index (χ1v) is 7.21. The van der Waals surface area contributed by atoms with Crippen molar-refractivity contribution in [2.75, 3.05) is 6.61 Å². The molecular weight excluding hydrogens is 278 g/mol. The third-order valence-corrected chi connectivity index (χ3v) is 3.22. The molecule has 0 aliphatic heterocycles. The van der Waals surface area contributed by atoms with E-state index in [1.165, 1.54) is 0 Å². The van der Waals surface area contributed by atoms with Crippen molar-refractivity contribution in [3.63, 3.8) is 0 Å². The Morgan fingerprint density at radius 3 is 2.70 bits per heavy atom. The monoisotopic (exact) mass is 299 g/mol. The minimum Gasteiger partial charge on any atom is -0.482 e. The first-order valence-electron chi connectivity index (χ1n) is 6.83. The van der Waals surface area contributed by atoms with Gasteiger partial charge in [-0.3, -0.25) is 4.79 Å². The molecule has 0 aliphatic carbocycles. The maximum atomic E-state index is 11.7. The molecule has 0 saturated heterocycles. The molecule has 0 bridgehead atoms. The van der Waals surface area contributed by atoms with Crippen molar-refractivity contribution in [2.24, 2.45) is 0 Å². The molecule has 0 heterocycles. The van der Waals surface area contributed by atoms with Crippen LogP contribution in [0.4, 0.5) is 0 Å². The van der Waals surface area contributed by atoms with E-state index in [1.807, 2.05) is 6.92 Å². The van der Waals surface area contributed by atoms with E-state index in [0.717, 1.165) is 12.8 Å². The normalized spacial score (nSPS) is 13.7. The average molecular weight is 300 g/mol. The lowest BCUT2D eigenvalue weighted by Gasteiger charge is -2.14. The van der Waals surface area contributed by atoms with Gasteiger partial charge in [0.15, 0.2) is 6.61 Å². The van der Waals surface area contributed by atoms with Crippen molar-refractivity contribution in [3.05, 3.63) is 28.8 Å². The van der Waals surface area contributed by atoms with Gasteiger partial charge in [-0.1, -0.05) is 31.0 Å². The largest absolute Gasteiger partial charge is 0.482 e. The van der Waals surface area contributed by atoms with Crippen molar-refractivity contribution in [1.82, 2.24) is 5.32 Å². The number of amides is 1. The molecule has 2 unspecified atom stereocenters. The highest BCUT2D eigenvalue weighted by Gasteiger charge is 2.10. The summed E-state index contributed by atoms with van der Waals surface area (Å²) in [6.07, 6.45) is 1.38. The van der Waals surface area contributed by atoms with Crippen LogP contribution in [0, 0.1) is 0 Å². The van der Waals surface area contributed by atoms with Crippen LogP contribution in [0.3, 0.4) is 0 Å². The number of benzene rings is 1. The molecule has 20 heavy (non-hydrogen) atoms. The van der Waals surface area contributed by atoms with Gasteiger partial charge in [0.25, 0.3) is 5.91 Å². The molecule has 0 radical (unpaired) electrons. The van der Waals surface area contributed by atoms with Gasteiger partial charge < -0.3 is 15.2 Å². The lowest BCUT2D eigenvalue weighted by molar-refractivity contribution is -0.123. The highest BCUT2D eigenvalue weighted by atomic mass is 35.5. The zero-order valence-corrected chi connectivity index (χ0v) is 12.9. The van der Waals surface area contributed by atoms with Gasteiger partial charge in [0, 0.05) is 6.04 Å². The van der Waals surface area contributed by atoms with Gasteiger partial charge >= 0.3 is 0 Å². The van der Waals surface area contributed by atoms with Crippen LogP contribution in [0.25, 0.3) is 0 Å². The predicted octanol–water partition coefficient (Wildman–Crippen LogP) is 3.08. The molecule has 0 spiro atoms. The van der Waals surface area contributed by atoms with Gasteiger partial charge in [-0.15, -0.1) is 0 Å². The third-order valence-electron chi connectivity index (χ3n) is 2.93. The van der Waals surface area contributed by atoms with Gasteiger partial charge in [-0.2, -0.15) is 0 Å². The van der Waals surface area contributed by atoms with E-state index in [0.29, 0.717) is 16.3 Å². The highest BCUT2D eigenvalue weighted by Crippen LogP contribution is 2.27. The van der Waals surface area contributed by atoms with Crippen LogP contribution in [0.1, 0.15) is 45.3 Å². The van der Waals surface area contributed by atoms with Crippen molar-refractivity contribution in [3.8, 4) is 5.75 Å². The Morgan fingerprint density at radius 2 is 2.15 bits per heavy atom. The number of rotatable bonds is 7. The SMILES string of the molecule is CCCC(C)NC(=O)COc1ccc(C(C)O)cc1Cl. The fourth-order valence-electron chi connectivity index (χ4n) is 1.86. The highest BCUT2D eigenvalue weighted by molar-refractivity contribution is 6.32. The Labute approximate surface area is 125 Å². The first kappa shape index (κ1) is 16.8. The topological polar surface area (TPSA) is 58.6 Å². The molecule has 2 atom stereocenters. The van der Waals surface area contributed by atoms with E-state index < -0.39 is 6.10 Å². The average Bonchev–Trinajstić information content (AvgIpc) is 2.37. The van der Waals surface area contributed by atoms with Crippen molar-refractivity contribution in [1.29, 1.82) is 0 Å². The zero-order chi connectivity index (χ0) is 15.1. The Balaban J connectivity index is 2.51. The van der Waals surface area contributed by atoms with E-state index in [-0.39, 0.29) is 18.6 Å². The molecule has 1 aromatic carbocycles. The Kier molecular flexibility index (Phi) is 6.82. The minimum absolute atomic E-state index is 0.0677. The van der Waals surface area contributed by atoms with Crippen molar-refractivity contribution in [2.45, 2.75) is 45.8 Å². The quantitative estimate of drug-likeness (QED) is 0.813. The number of nitrogens with one attached hydrogen (secondary N) is 1. The maximum absolute atomic E-state index is 11.7. The number of halogens is 1. The summed E-state index contributed by atoms with van der Waals surface area (Å²) in [5, 5.41) is 12.7. The molecule has 0 aliphatic rings. The molecule has 4 nitrogen and oxygen atoms in total. The summed E-state index contributed by atoms with van der Waals surface area (Å²) in [6, 6.07) is 5.17. The molecule has 5 heteroatoms. The minimum atomic E-state index is -0.584. The molecule has 0 fully saturated rings. The summed E-state index contributed by atoms with van der Waals surface area (Å²) >= 11 is 6.04. The number of aliphatic hydroxyl groups is 1. The fourth-order valence-corrected chi connectivity index (χ4v) is 2.10. The van der Waals surface area contributed by atoms with E-state index in [4.69, 9.17) is 16.3 Å². The summed E-state index contributed by atoms with van der Waals surface area (Å²) in [5.74, 6) is 0.274. The molecule has 0 saturated carbocycles. The standard InChI is InChI=1S/C15H22ClNO3/c1-4-5-10(2)17-15(19)9-20-14-7-6-12(11(3)18)8-13(14)16/h6-8,10-11,18H,4-5,9H2,1-3H3,(H,17,19). The molecule has 112 valence electrons. The predicted molar refractivity (Wildman–Crippen MR) is 80.1 cm³/mol. The number of hydrogen-bond acceptors (Lipinski definition) is 3. The Morgan fingerprint density at radius 1 is 1.45 bits per heavy atom. The summed E-state index contributed by atoms with van der Waals surface area (Å²) in [7, 11) is 0. The van der Waals surface area contributed by atoms with E-state index >= 15 is 0 Å². The lowest BCUT2D eigenvalue weighted by atomic mass is 10.1. The van der Waals surface area contributed by atoms with Gasteiger partial charge in [0.2, 0.25) is 0 Å². The number of aliphatic hydroxyl groups excluding tert-OH is 1. The van der Waals surface area contributed by atoms with Gasteiger partial charge in [0.05, 0.1) is 11.1 Å².